The van der Waals surface area contributed by atoms with Gasteiger partial charge in [-0.15, -0.1) is 10.2 Å². The Hall–Kier alpha value is -1.39. The molecule has 2 saturated carbocycles. The third kappa shape index (κ3) is 2.58. The average molecular weight is 288 g/mol. The molecular weight excluding hydrogens is 264 g/mol. The van der Waals surface area contributed by atoms with Crippen molar-refractivity contribution >= 4 is 5.91 Å². The van der Waals surface area contributed by atoms with E-state index in [4.69, 9.17) is 0 Å². The maximum Gasteiger partial charge on any atom is 0.223 e. The van der Waals surface area contributed by atoms with Gasteiger partial charge in [0.15, 0.2) is 5.82 Å². The Morgan fingerprint density at radius 3 is 2.90 bits per heavy atom. The zero-order chi connectivity index (χ0) is 14.2. The standard InChI is InChI=1S/C16H24N4O/c21-16(13-9-12(13)11-5-2-1-3-6-11)17-10-15-19-18-14-7-4-8-20(14)15/h11-13H,1-10H2,(H,17,21)/t12-,13-/m0/s1. The molecular formula is C16H24N4O. The molecule has 0 aromatic carbocycles. The third-order valence-corrected chi connectivity index (χ3v) is 5.54. The Balaban J connectivity index is 1.29. The van der Waals surface area contributed by atoms with Crippen LogP contribution in [0.2, 0.25) is 0 Å². The summed E-state index contributed by atoms with van der Waals surface area (Å²) in [5, 5.41) is 11.5. The molecule has 0 bridgehead atoms. The molecule has 114 valence electrons. The Kier molecular flexibility index (Phi) is 3.43. The maximum atomic E-state index is 12.3. The SMILES string of the molecule is O=C(NCc1nnc2n1CCC2)[C@H]1C[C@H]1C1CCCCC1. The quantitative estimate of drug-likeness (QED) is 0.922. The van der Waals surface area contributed by atoms with Crippen molar-refractivity contribution in [2.75, 3.05) is 0 Å². The van der Waals surface area contributed by atoms with Gasteiger partial charge >= 0.3 is 0 Å². The first-order chi connectivity index (χ1) is 10.3. The average Bonchev–Trinajstić information content (AvgIpc) is 3.03. The molecule has 1 aliphatic heterocycles. The van der Waals surface area contributed by atoms with Gasteiger partial charge in [0, 0.05) is 18.9 Å². The molecule has 5 heteroatoms. The zero-order valence-corrected chi connectivity index (χ0v) is 12.6. The summed E-state index contributed by atoms with van der Waals surface area (Å²) in [5.41, 5.74) is 0. The lowest BCUT2D eigenvalue weighted by molar-refractivity contribution is -0.123. The molecule has 1 aromatic heterocycles. The van der Waals surface area contributed by atoms with E-state index in [9.17, 15) is 4.79 Å². The molecule has 2 fully saturated rings. The van der Waals surface area contributed by atoms with Crippen LogP contribution in [0.1, 0.15) is 56.6 Å². The Morgan fingerprint density at radius 1 is 1.19 bits per heavy atom. The van der Waals surface area contributed by atoms with E-state index in [1.54, 1.807) is 0 Å². The minimum atomic E-state index is 0.237. The molecule has 1 N–H and O–H groups in total. The summed E-state index contributed by atoms with van der Waals surface area (Å²) >= 11 is 0. The highest BCUT2D eigenvalue weighted by Crippen LogP contribution is 2.49. The van der Waals surface area contributed by atoms with E-state index in [-0.39, 0.29) is 11.8 Å². The van der Waals surface area contributed by atoms with Gasteiger partial charge in [0.25, 0.3) is 0 Å². The second-order valence-corrected chi connectivity index (χ2v) is 6.91. The van der Waals surface area contributed by atoms with Crippen LogP contribution < -0.4 is 5.32 Å². The summed E-state index contributed by atoms with van der Waals surface area (Å²) < 4.78 is 2.16. The predicted octanol–water partition coefficient (Wildman–Crippen LogP) is 2.06. The van der Waals surface area contributed by atoms with Crippen LogP contribution in [-0.4, -0.2) is 20.7 Å². The highest BCUT2D eigenvalue weighted by Gasteiger charge is 2.47. The van der Waals surface area contributed by atoms with E-state index in [0.717, 1.165) is 43.4 Å². The number of fused-ring (bicyclic) bond motifs is 1. The van der Waals surface area contributed by atoms with Crippen LogP contribution in [0.3, 0.4) is 0 Å². The number of carbonyl (C=O) groups excluding carboxylic acids is 1. The number of aryl methyl sites for hydroxylation is 1. The van der Waals surface area contributed by atoms with E-state index in [2.05, 4.69) is 20.1 Å². The van der Waals surface area contributed by atoms with Crippen molar-refractivity contribution in [1.82, 2.24) is 20.1 Å². The Labute approximate surface area is 125 Å². The van der Waals surface area contributed by atoms with Gasteiger partial charge in [-0.25, -0.2) is 0 Å². The largest absolute Gasteiger partial charge is 0.349 e. The van der Waals surface area contributed by atoms with Crippen LogP contribution in [0.4, 0.5) is 0 Å². The zero-order valence-electron chi connectivity index (χ0n) is 12.6. The lowest BCUT2D eigenvalue weighted by atomic mass is 9.85. The van der Waals surface area contributed by atoms with E-state index < -0.39 is 0 Å². The number of hydrogen-bond acceptors (Lipinski definition) is 3. The van der Waals surface area contributed by atoms with Crippen molar-refractivity contribution in [3.05, 3.63) is 11.6 Å². The highest BCUT2D eigenvalue weighted by atomic mass is 16.2. The first-order valence-corrected chi connectivity index (χ1v) is 8.51. The van der Waals surface area contributed by atoms with E-state index in [1.165, 1.54) is 32.1 Å². The van der Waals surface area contributed by atoms with Gasteiger partial charge in [0.1, 0.15) is 5.82 Å². The third-order valence-electron chi connectivity index (χ3n) is 5.54. The predicted molar refractivity (Wildman–Crippen MR) is 78.4 cm³/mol. The second kappa shape index (κ2) is 5.43. The lowest BCUT2D eigenvalue weighted by Gasteiger charge is -2.21. The van der Waals surface area contributed by atoms with E-state index >= 15 is 0 Å². The molecule has 0 saturated heterocycles. The molecule has 2 atom stereocenters. The number of hydrogen-bond donors (Lipinski definition) is 1. The molecule has 1 aromatic rings. The van der Waals surface area contributed by atoms with Gasteiger partial charge in [-0.1, -0.05) is 32.1 Å². The van der Waals surface area contributed by atoms with E-state index in [1.807, 2.05) is 0 Å². The molecule has 4 rings (SSSR count). The smallest absolute Gasteiger partial charge is 0.223 e. The lowest BCUT2D eigenvalue weighted by Crippen LogP contribution is -2.27. The van der Waals surface area contributed by atoms with Crippen LogP contribution in [0.5, 0.6) is 0 Å². The van der Waals surface area contributed by atoms with Crippen molar-refractivity contribution in [3.8, 4) is 0 Å². The summed E-state index contributed by atoms with van der Waals surface area (Å²) in [6.45, 7) is 1.54. The van der Waals surface area contributed by atoms with Gasteiger partial charge in [-0.2, -0.15) is 0 Å². The second-order valence-electron chi connectivity index (χ2n) is 6.91. The van der Waals surface area contributed by atoms with Crippen molar-refractivity contribution in [2.45, 2.75) is 64.5 Å². The normalized spacial score (nSPS) is 28.4. The maximum absolute atomic E-state index is 12.3. The van der Waals surface area contributed by atoms with Crippen molar-refractivity contribution in [3.63, 3.8) is 0 Å². The van der Waals surface area contributed by atoms with Gasteiger partial charge in [0.05, 0.1) is 6.54 Å². The highest BCUT2D eigenvalue weighted by molar-refractivity contribution is 5.81. The number of amides is 1. The molecule has 5 nitrogen and oxygen atoms in total. The van der Waals surface area contributed by atoms with Gasteiger partial charge < -0.3 is 9.88 Å². The first kappa shape index (κ1) is 13.3. The van der Waals surface area contributed by atoms with Gasteiger partial charge in [-0.05, 0) is 24.7 Å². The topological polar surface area (TPSA) is 59.8 Å². The summed E-state index contributed by atoms with van der Waals surface area (Å²) in [7, 11) is 0. The molecule has 0 radical (unpaired) electrons. The molecule has 0 spiro atoms. The number of rotatable bonds is 4. The molecule has 2 aliphatic carbocycles. The van der Waals surface area contributed by atoms with E-state index in [0.29, 0.717) is 12.5 Å². The van der Waals surface area contributed by atoms with Crippen LogP contribution in [0, 0.1) is 17.8 Å². The summed E-state index contributed by atoms with van der Waals surface area (Å²) in [6, 6.07) is 0. The fraction of sp³-hybridized carbons (Fsp3) is 0.812. The molecule has 21 heavy (non-hydrogen) atoms. The van der Waals surface area contributed by atoms with Crippen molar-refractivity contribution in [1.29, 1.82) is 0 Å². The fourth-order valence-corrected chi connectivity index (χ4v) is 4.24. The molecule has 0 unspecified atom stereocenters. The number of nitrogens with one attached hydrogen (secondary N) is 1. The number of nitrogens with zero attached hydrogens (tertiary/aromatic N) is 3. The van der Waals surface area contributed by atoms with Crippen molar-refractivity contribution in [2.24, 2.45) is 17.8 Å². The summed E-state index contributed by atoms with van der Waals surface area (Å²) in [5.74, 6) is 3.98. The Bertz CT molecular complexity index is 532. The van der Waals surface area contributed by atoms with Gasteiger partial charge in [0.2, 0.25) is 5.91 Å². The first-order valence-electron chi connectivity index (χ1n) is 8.51. The van der Waals surface area contributed by atoms with Gasteiger partial charge in [-0.3, -0.25) is 4.79 Å². The minimum absolute atomic E-state index is 0.237. The molecule has 3 aliphatic rings. The molecule has 2 heterocycles. The van der Waals surface area contributed by atoms with Crippen molar-refractivity contribution < 1.29 is 4.79 Å². The van der Waals surface area contributed by atoms with Crippen LogP contribution in [-0.2, 0) is 24.3 Å². The summed E-state index contributed by atoms with van der Waals surface area (Å²) in [4.78, 5) is 12.3. The molecule has 1 amide bonds. The number of aromatic nitrogens is 3. The van der Waals surface area contributed by atoms with Crippen LogP contribution in [0.25, 0.3) is 0 Å². The van der Waals surface area contributed by atoms with Crippen LogP contribution >= 0.6 is 0 Å². The fourth-order valence-electron chi connectivity index (χ4n) is 4.24. The Morgan fingerprint density at radius 2 is 2.05 bits per heavy atom. The summed E-state index contributed by atoms with van der Waals surface area (Å²) in [6.07, 6.45) is 10.1. The number of carbonyl (C=O) groups is 1. The van der Waals surface area contributed by atoms with Crippen LogP contribution in [0.15, 0.2) is 0 Å². The minimum Gasteiger partial charge on any atom is -0.349 e. The monoisotopic (exact) mass is 288 g/mol.